The zero-order chi connectivity index (χ0) is 32.0. The molecule has 0 amide bonds. The summed E-state index contributed by atoms with van der Waals surface area (Å²) >= 11 is 0. The second-order valence-electron chi connectivity index (χ2n) is 7.35. The van der Waals surface area contributed by atoms with E-state index in [1.807, 2.05) is 0 Å². The summed E-state index contributed by atoms with van der Waals surface area (Å²) in [5.74, 6) is -1.87. The van der Waals surface area contributed by atoms with Crippen molar-refractivity contribution in [1.82, 2.24) is 0 Å². The lowest BCUT2D eigenvalue weighted by molar-refractivity contribution is -0.133. The number of aliphatic carboxylic acids is 2. The van der Waals surface area contributed by atoms with Gasteiger partial charge in [0.2, 0.25) is 0 Å². The Bertz CT molecular complexity index is 501. The van der Waals surface area contributed by atoms with Crippen LogP contribution in [0.25, 0.3) is 0 Å². The fourth-order valence-electron chi connectivity index (χ4n) is 1.56. The first-order valence-electron chi connectivity index (χ1n) is 12.9. The predicted octanol–water partition coefficient (Wildman–Crippen LogP) is -0.648. The van der Waals surface area contributed by atoms with Crippen molar-refractivity contribution in [3.8, 4) is 0 Å². The topological polar surface area (TPSA) is 220 Å². The fraction of sp³-hybridized carbons (Fsp3) is 0.769. The van der Waals surface area contributed by atoms with E-state index in [1.165, 1.54) is 13.8 Å². The van der Waals surface area contributed by atoms with E-state index in [0.29, 0.717) is 92.5 Å². The molecule has 0 rings (SSSR count). The number of carbonyl (C=O) groups is 2. The molecular weight excluding hydrogens is 552 g/mol. The number of hydrogen-bond donors (Lipinski definition) is 6. The van der Waals surface area contributed by atoms with Crippen LogP contribution in [0.2, 0.25) is 0 Å². The highest BCUT2D eigenvalue weighted by molar-refractivity contribution is 5.85. The minimum atomic E-state index is -0.935. The Morgan fingerprint density at radius 2 is 0.537 bits per heavy atom. The van der Waals surface area contributed by atoms with E-state index in [-0.39, 0.29) is 37.6 Å². The van der Waals surface area contributed by atoms with Gasteiger partial charge in [-0.3, -0.25) is 0 Å². The third-order valence-electron chi connectivity index (χ3n) is 3.53. The molecule has 0 bridgehead atoms. The molecule has 0 saturated carbocycles. The standard InChI is InChI=1S/C10H22O6.C8H18O5.2C4H6O2/c11-1-3-13-5-7-15-9-10-16-8-6-14-4-2-12;9-1-3-11-5-7-13-8-6-12-4-2-10;2*1-3(2)4(5)6/h11-12H,1-10H2;9-10H,1-8H2;2*1H2,2H3,(H,5,6). The highest BCUT2D eigenvalue weighted by Crippen LogP contribution is 1.83. The summed E-state index contributed by atoms with van der Waals surface area (Å²) in [5.41, 5.74) is 0.352. The Kier molecular flexibility index (Phi) is 47.6. The van der Waals surface area contributed by atoms with Gasteiger partial charge >= 0.3 is 11.9 Å². The minimum absolute atomic E-state index is 0.0386. The van der Waals surface area contributed by atoms with Crippen LogP contribution in [-0.2, 0) is 42.7 Å². The van der Waals surface area contributed by atoms with Gasteiger partial charge in [-0.25, -0.2) is 9.59 Å². The molecule has 0 saturated heterocycles. The molecule has 15 nitrogen and oxygen atoms in total. The minimum Gasteiger partial charge on any atom is -0.478 e. The van der Waals surface area contributed by atoms with Crippen LogP contribution in [0.1, 0.15) is 13.8 Å². The van der Waals surface area contributed by atoms with Gasteiger partial charge in [0.1, 0.15) is 0 Å². The van der Waals surface area contributed by atoms with Gasteiger partial charge in [0, 0.05) is 11.1 Å². The number of rotatable bonds is 25. The van der Waals surface area contributed by atoms with Gasteiger partial charge < -0.3 is 63.8 Å². The normalized spacial score (nSPS) is 9.80. The van der Waals surface area contributed by atoms with E-state index < -0.39 is 11.9 Å². The molecule has 6 N–H and O–H groups in total. The number of aliphatic hydroxyl groups is 4. The summed E-state index contributed by atoms with van der Waals surface area (Å²) in [6.45, 7) is 15.8. The average molecular weight is 605 g/mol. The molecule has 0 aromatic heterocycles. The molecule has 0 heterocycles. The average Bonchev–Trinajstić information content (AvgIpc) is 2.94. The third kappa shape index (κ3) is 58.5. The molecule has 41 heavy (non-hydrogen) atoms. The quantitative estimate of drug-likeness (QED) is 0.0563. The van der Waals surface area contributed by atoms with Crippen LogP contribution in [0.5, 0.6) is 0 Å². The molecule has 0 aliphatic heterocycles. The highest BCUT2D eigenvalue weighted by atomic mass is 16.6. The summed E-state index contributed by atoms with van der Waals surface area (Å²) in [5, 5.41) is 49.3. The van der Waals surface area contributed by atoms with E-state index >= 15 is 0 Å². The Hall–Kier alpha value is -2.02. The zero-order valence-corrected chi connectivity index (χ0v) is 24.5. The van der Waals surface area contributed by atoms with E-state index in [2.05, 4.69) is 13.2 Å². The largest absolute Gasteiger partial charge is 0.478 e. The van der Waals surface area contributed by atoms with Crippen molar-refractivity contribution in [2.45, 2.75) is 13.8 Å². The van der Waals surface area contributed by atoms with E-state index in [4.69, 9.17) is 63.8 Å². The second kappa shape index (κ2) is 42.4. The van der Waals surface area contributed by atoms with E-state index in [1.54, 1.807) is 0 Å². The first kappa shape index (κ1) is 46.0. The molecule has 0 radical (unpaired) electrons. The molecule has 0 aliphatic rings. The molecular formula is C26H52O15. The lowest BCUT2D eigenvalue weighted by Crippen LogP contribution is -2.13. The number of ether oxygens (including phenoxy) is 7. The molecule has 0 aliphatic carbocycles. The molecule has 15 heteroatoms. The van der Waals surface area contributed by atoms with Gasteiger partial charge in [-0.1, -0.05) is 13.2 Å². The lowest BCUT2D eigenvalue weighted by Gasteiger charge is -2.06. The van der Waals surface area contributed by atoms with Crippen LogP contribution >= 0.6 is 0 Å². The van der Waals surface area contributed by atoms with Crippen LogP contribution < -0.4 is 0 Å². The molecule has 0 spiro atoms. The number of carboxylic acid groups (broad SMARTS) is 2. The maximum atomic E-state index is 9.60. The Balaban J connectivity index is -0.000000243. The zero-order valence-electron chi connectivity index (χ0n) is 24.5. The Morgan fingerprint density at radius 3 is 0.634 bits per heavy atom. The van der Waals surface area contributed by atoms with E-state index in [0.717, 1.165) is 0 Å². The molecule has 0 aromatic carbocycles. The van der Waals surface area contributed by atoms with Crippen molar-refractivity contribution in [3.63, 3.8) is 0 Å². The molecule has 0 atom stereocenters. The van der Waals surface area contributed by atoms with Crippen LogP contribution in [0.3, 0.4) is 0 Å². The Morgan fingerprint density at radius 1 is 0.415 bits per heavy atom. The monoisotopic (exact) mass is 604 g/mol. The summed E-state index contributed by atoms with van der Waals surface area (Å²) in [7, 11) is 0. The van der Waals surface area contributed by atoms with Crippen molar-refractivity contribution in [3.05, 3.63) is 24.3 Å². The lowest BCUT2D eigenvalue weighted by atomic mass is 10.4. The van der Waals surface area contributed by atoms with E-state index in [9.17, 15) is 9.59 Å². The Labute approximate surface area is 242 Å². The maximum Gasteiger partial charge on any atom is 0.330 e. The van der Waals surface area contributed by atoms with Gasteiger partial charge in [0.05, 0.1) is 119 Å². The summed E-state index contributed by atoms with van der Waals surface area (Å²) < 4.78 is 35.4. The molecule has 0 unspecified atom stereocenters. The van der Waals surface area contributed by atoms with Crippen LogP contribution in [-0.4, -0.2) is 162 Å². The van der Waals surface area contributed by atoms with Gasteiger partial charge in [-0.05, 0) is 13.8 Å². The highest BCUT2D eigenvalue weighted by Gasteiger charge is 1.93. The molecule has 0 fully saturated rings. The summed E-state index contributed by atoms with van der Waals surface area (Å²) in [6.07, 6.45) is 0. The van der Waals surface area contributed by atoms with Crippen molar-refractivity contribution in [2.75, 3.05) is 119 Å². The van der Waals surface area contributed by atoms with Gasteiger partial charge in [0.25, 0.3) is 0 Å². The van der Waals surface area contributed by atoms with Crippen molar-refractivity contribution < 1.29 is 73.4 Å². The fourth-order valence-corrected chi connectivity index (χ4v) is 1.56. The predicted molar refractivity (Wildman–Crippen MR) is 149 cm³/mol. The van der Waals surface area contributed by atoms with Crippen molar-refractivity contribution in [2.24, 2.45) is 0 Å². The number of carboxylic acids is 2. The smallest absolute Gasteiger partial charge is 0.330 e. The van der Waals surface area contributed by atoms with Crippen LogP contribution in [0.15, 0.2) is 24.3 Å². The first-order chi connectivity index (χ1) is 19.6. The van der Waals surface area contributed by atoms with Gasteiger partial charge in [-0.2, -0.15) is 0 Å². The number of hydrogen-bond acceptors (Lipinski definition) is 13. The van der Waals surface area contributed by atoms with Crippen LogP contribution in [0, 0.1) is 0 Å². The maximum absolute atomic E-state index is 9.60. The van der Waals surface area contributed by atoms with Crippen molar-refractivity contribution >= 4 is 11.9 Å². The molecule has 246 valence electrons. The van der Waals surface area contributed by atoms with Crippen LogP contribution in [0.4, 0.5) is 0 Å². The number of aliphatic hydroxyl groups excluding tert-OH is 4. The summed E-state index contributed by atoms with van der Waals surface area (Å²) in [4.78, 5) is 19.2. The molecule has 0 aromatic rings. The van der Waals surface area contributed by atoms with Crippen molar-refractivity contribution in [1.29, 1.82) is 0 Å². The third-order valence-corrected chi connectivity index (χ3v) is 3.53. The van der Waals surface area contributed by atoms with Gasteiger partial charge in [-0.15, -0.1) is 0 Å². The SMILES string of the molecule is C=C(C)C(=O)O.C=C(C)C(=O)O.OCCOCCOCCOCCO.OCCOCCOCCOCCOCCO. The summed E-state index contributed by atoms with van der Waals surface area (Å²) in [6, 6.07) is 0. The first-order valence-corrected chi connectivity index (χ1v) is 12.9. The van der Waals surface area contributed by atoms with Gasteiger partial charge in [0.15, 0.2) is 0 Å². The second-order valence-corrected chi connectivity index (χ2v) is 7.35.